The summed E-state index contributed by atoms with van der Waals surface area (Å²) < 4.78 is 14.4. The first-order chi connectivity index (χ1) is 14.7. The zero-order chi connectivity index (χ0) is 20.5. The number of thiazole rings is 1. The molecule has 7 heteroatoms. The van der Waals surface area contributed by atoms with Crippen molar-refractivity contribution in [2.24, 2.45) is 0 Å². The molecule has 5 rings (SSSR count). The van der Waals surface area contributed by atoms with E-state index in [-0.39, 0.29) is 5.82 Å². The fraction of sp³-hybridized carbons (Fsp3) is 0.261. The number of hydrogen-bond acceptors (Lipinski definition) is 6. The van der Waals surface area contributed by atoms with Gasteiger partial charge in [-0.1, -0.05) is 24.3 Å². The van der Waals surface area contributed by atoms with Gasteiger partial charge in [0.05, 0.1) is 15.9 Å². The Balaban J connectivity index is 1.26. The summed E-state index contributed by atoms with van der Waals surface area (Å²) in [5.41, 5.74) is 4.04. The minimum absolute atomic E-state index is 0.250. The van der Waals surface area contributed by atoms with E-state index < -0.39 is 0 Å². The van der Waals surface area contributed by atoms with Gasteiger partial charge in [-0.05, 0) is 60.5 Å². The van der Waals surface area contributed by atoms with Crippen LogP contribution in [-0.2, 0) is 6.42 Å². The molecule has 0 saturated carbocycles. The lowest BCUT2D eigenvalue weighted by Crippen LogP contribution is -2.46. The van der Waals surface area contributed by atoms with Gasteiger partial charge in [-0.25, -0.2) is 9.37 Å². The monoisotopic (exact) mass is 419 g/mol. The highest BCUT2D eigenvalue weighted by Crippen LogP contribution is 2.30. The van der Waals surface area contributed by atoms with E-state index in [4.69, 9.17) is 4.98 Å². The van der Waals surface area contributed by atoms with Gasteiger partial charge in [-0.2, -0.15) is 0 Å². The maximum Gasteiger partial charge on any atom is 0.186 e. The summed E-state index contributed by atoms with van der Waals surface area (Å²) in [6.45, 7) is 5.74. The van der Waals surface area contributed by atoms with Crippen LogP contribution in [0.1, 0.15) is 12.5 Å². The van der Waals surface area contributed by atoms with Crippen LogP contribution >= 0.6 is 11.3 Å². The highest BCUT2D eigenvalue weighted by atomic mass is 32.1. The van der Waals surface area contributed by atoms with Crippen molar-refractivity contribution in [1.29, 1.82) is 0 Å². The van der Waals surface area contributed by atoms with Crippen LogP contribution in [0.2, 0.25) is 0 Å². The smallest absolute Gasteiger partial charge is 0.186 e. The van der Waals surface area contributed by atoms with Crippen LogP contribution < -0.4 is 9.80 Å². The number of anilines is 2. The lowest BCUT2D eigenvalue weighted by molar-refractivity contribution is 0.628. The van der Waals surface area contributed by atoms with Crippen molar-refractivity contribution in [2.75, 3.05) is 36.0 Å². The molecule has 0 N–H and O–H groups in total. The van der Waals surface area contributed by atoms with E-state index in [1.165, 1.54) is 22.4 Å². The number of fused-ring (bicyclic) bond motifs is 1. The maximum absolute atomic E-state index is 13.1. The summed E-state index contributed by atoms with van der Waals surface area (Å²) in [4.78, 5) is 9.44. The molecule has 1 saturated heterocycles. The summed E-state index contributed by atoms with van der Waals surface area (Å²) in [6, 6.07) is 16.8. The number of piperazine rings is 1. The predicted octanol–water partition coefficient (Wildman–Crippen LogP) is 4.78. The number of aromatic nitrogens is 3. The molecule has 0 amide bonds. The van der Waals surface area contributed by atoms with E-state index in [2.05, 4.69) is 45.1 Å². The third-order valence-corrected chi connectivity index (χ3v) is 6.59. The first kappa shape index (κ1) is 18.9. The van der Waals surface area contributed by atoms with E-state index in [0.29, 0.717) is 0 Å². The van der Waals surface area contributed by atoms with Crippen molar-refractivity contribution in [3.05, 3.63) is 66.0 Å². The third-order valence-electron chi connectivity index (χ3n) is 5.51. The molecule has 0 unspecified atom stereocenters. The Labute approximate surface area is 178 Å². The van der Waals surface area contributed by atoms with Gasteiger partial charge < -0.3 is 9.80 Å². The number of aryl methyl sites for hydroxylation is 1. The molecule has 2 aromatic heterocycles. The lowest BCUT2D eigenvalue weighted by atomic mass is 10.1. The number of halogens is 1. The Kier molecular flexibility index (Phi) is 5.04. The fourth-order valence-electron chi connectivity index (χ4n) is 3.71. The van der Waals surface area contributed by atoms with Crippen LogP contribution in [0, 0.1) is 5.82 Å². The molecule has 2 aromatic carbocycles. The van der Waals surface area contributed by atoms with Gasteiger partial charge >= 0.3 is 0 Å². The molecule has 0 atom stereocenters. The molecule has 3 heterocycles. The molecule has 0 spiro atoms. The van der Waals surface area contributed by atoms with E-state index >= 15 is 0 Å². The van der Waals surface area contributed by atoms with Crippen molar-refractivity contribution in [1.82, 2.24) is 15.2 Å². The first-order valence-electron chi connectivity index (χ1n) is 10.2. The fourth-order valence-corrected chi connectivity index (χ4v) is 4.79. The number of rotatable bonds is 4. The van der Waals surface area contributed by atoms with E-state index in [9.17, 15) is 4.39 Å². The van der Waals surface area contributed by atoms with Gasteiger partial charge in [-0.15, -0.1) is 10.2 Å². The van der Waals surface area contributed by atoms with Crippen LogP contribution in [0.4, 0.5) is 15.3 Å². The minimum atomic E-state index is -0.250. The molecule has 1 fully saturated rings. The minimum Gasteiger partial charge on any atom is -0.352 e. The number of nitrogens with zero attached hydrogens (tertiary/aromatic N) is 5. The largest absolute Gasteiger partial charge is 0.352 e. The molecule has 4 aromatic rings. The Morgan fingerprint density at radius 3 is 2.37 bits per heavy atom. The van der Waals surface area contributed by atoms with E-state index in [1.54, 1.807) is 23.5 Å². The quantitative estimate of drug-likeness (QED) is 0.476. The Morgan fingerprint density at radius 1 is 0.900 bits per heavy atom. The lowest BCUT2D eigenvalue weighted by Gasteiger charge is -2.35. The van der Waals surface area contributed by atoms with E-state index in [0.717, 1.165) is 60.3 Å². The molecular weight excluding hydrogens is 397 g/mol. The third kappa shape index (κ3) is 3.73. The molecule has 0 bridgehead atoms. The average molecular weight is 420 g/mol. The summed E-state index contributed by atoms with van der Waals surface area (Å²) in [6.07, 6.45) is 1.04. The maximum atomic E-state index is 13.1. The number of hydrogen-bond donors (Lipinski definition) is 0. The summed E-state index contributed by atoms with van der Waals surface area (Å²) in [7, 11) is 0. The second-order valence-electron chi connectivity index (χ2n) is 7.41. The van der Waals surface area contributed by atoms with Crippen molar-refractivity contribution < 1.29 is 4.39 Å². The van der Waals surface area contributed by atoms with Crippen molar-refractivity contribution in [3.63, 3.8) is 0 Å². The Hall–Kier alpha value is -3.06. The van der Waals surface area contributed by atoms with Crippen LogP contribution in [0.5, 0.6) is 0 Å². The SMILES string of the molecule is CCc1ccc2nc(N3CCN(c4ccc(-c5ccc(F)cc5)nn4)CC3)sc2c1. The highest BCUT2D eigenvalue weighted by molar-refractivity contribution is 7.22. The summed E-state index contributed by atoms with van der Waals surface area (Å²) in [5, 5.41) is 9.83. The molecule has 0 aliphatic carbocycles. The zero-order valence-corrected chi connectivity index (χ0v) is 17.6. The van der Waals surface area contributed by atoms with Crippen molar-refractivity contribution in [3.8, 4) is 11.3 Å². The second kappa shape index (κ2) is 7.99. The van der Waals surface area contributed by atoms with Crippen LogP contribution in [0.15, 0.2) is 54.6 Å². The Morgan fingerprint density at radius 2 is 1.67 bits per heavy atom. The molecule has 1 aliphatic rings. The summed E-state index contributed by atoms with van der Waals surface area (Å²) in [5.74, 6) is 0.623. The standard InChI is InChI=1S/C23H22FN5S/c1-2-16-3-8-20-21(15-16)30-23(25-20)29-13-11-28(12-14-29)22-10-9-19(26-27-22)17-4-6-18(24)7-5-17/h3-10,15H,2,11-14H2,1H3. The zero-order valence-electron chi connectivity index (χ0n) is 16.8. The molecule has 30 heavy (non-hydrogen) atoms. The summed E-state index contributed by atoms with van der Waals surface area (Å²) >= 11 is 1.77. The van der Waals surface area contributed by atoms with Gasteiger partial charge in [-0.3, -0.25) is 0 Å². The van der Waals surface area contributed by atoms with Crippen LogP contribution in [-0.4, -0.2) is 41.4 Å². The molecular formula is C23H22FN5S. The van der Waals surface area contributed by atoms with Gasteiger partial charge in [0, 0.05) is 31.7 Å². The van der Waals surface area contributed by atoms with Crippen molar-refractivity contribution >= 4 is 32.5 Å². The van der Waals surface area contributed by atoms with Crippen LogP contribution in [0.3, 0.4) is 0 Å². The van der Waals surface area contributed by atoms with Gasteiger partial charge in [0.25, 0.3) is 0 Å². The van der Waals surface area contributed by atoms with Gasteiger partial charge in [0.15, 0.2) is 10.9 Å². The molecule has 1 aliphatic heterocycles. The highest BCUT2D eigenvalue weighted by Gasteiger charge is 2.21. The molecule has 152 valence electrons. The number of benzene rings is 2. The van der Waals surface area contributed by atoms with Crippen molar-refractivity contribution in [2.45, 2.75) is 13.3 Å². The second-order valence-corrected chi connectivity index (χ2v) is 8.42. The topological polar surface area (TPSA) is 45.2 Å². The molecule has 0 radical (unpaired) electrons. The molecule has 5 nitrogen and oxygen atoms in total. The van der Waals surface area contributed by atoms with Gasteiger partial charge in [0.2, 0.25) is 0 Å². The predicted molar refractivity (Wildman–Crippen MR) is 121 cm³/mol. The van der Waals surface area contributed by atoms with E-state index in [1.807, 2.05) is 12.1 Å². The first-order valence-corrected chi connectivity index (χ1v) is 11.0. The van der Waals surface area contributed by atoms with Gasteiger partial charge in [0.1, 0.15) is 5.82 Å². The average Bonchev–Trinajstić information content (AvgIpc) is 3.23. The normalized spacial score (nSPS) is 14.5. The Bertz CT molecular complexity index is 1150. The van der Waals surface area contributed by atoms with Crippen LogP contribution in [0.25, 0.3) is 21.5 Å².